The number of benzene rings is 2. The largest absolute Gasteiger partial charge is 0.417 e. The van der Waals surface area contributed by atoms with Gasteiger partial charge in [0, 0.05) is 18.9 Å². The third-order valence-electron chi connectivity index (χ3n) is 4.13. The lowest BCUT2D eigenvalue weighted by atomic mass is 10.1. The molecular formula is C19H15N3O4S. The van der Waals surface area contributed by atoms with E-state index in [1.807, 2.05) is 6.07 Å². The quantitative estimate of drug-likeness (QED) is 0.553. The molecule has 4 aromatic rings. The fourth-order valence-electron chi connectivity index (χ4n) is 2.71. The lowest BCUT2D eigenvalue weighted by molar-refractivity contribution is 0.555. The standard InChI is InChI=1S/C19H15N3O4S/c23-19-22-17-6-3-15(11-18(17)26-19)14-1-4-16(5-2-14)27(24,25)21-12-13-7-9-20-10-8-13/h1-11,21H,12H2,(H,22,23). The number of pyridine rings is 1. The van der Waals surface area contributed by atoms with E-state index in [4.69, 9.17) is 4.42 Å². The van der Waals surface area contributed by atoms with Gasteiger partial charge in [0.15, 0.2) is 5.58 Å². The van der Waals surface area contributed by atoms with E-state index in [9.17, 15) is 13.2 Å². The van der Waals surface area contributed by atoms with Crippen molar-refractivity contribution in [2.24, 2.45) is 0 Å². The van der Waals surface area contributed by atoms with Crippen LogP contribution in [-0.4, -0.2) is 18.4 Å². The molecule has 0 unspecified atom stereocenters. The Kier molecular flexibility index (Phi) is 4.35. The Labute approximate surface area is 154 Å². The van der Waals surface area contributed by atoms with E-state index in [0.717, 1.165) is 16.7 Å². The van der Waals surface area contributed by atoms with Gasteiger partial charge >= 0.3 is 5.76 Å². The van der Waals surface area contributed by atoms with Gasteiger partial charge in [0.1, 0.15) is 0 Å². The van der Waals surface area contributed by atoms with Crippen LogP contribution in [0.4, 0.5) is 0 Å². The number of fused-ring (bicyclic) bond motifs is 1. The van der Waals surface area contributed by atoms with E-state index in [1.54, 1.807) is 60.9 Å². The molecule has 27 heavy (non-hydrogen) atoms. The number of aromatic nitrogens is 2. The molecular weight excluding hydrogens is 366 g/mol. The summed E-state index contributed by atoms with van der Waals surface area (Å²) in [6, 6.07) is 15.3. The van der Waals surface area contributed by atoms with Crippen LogP contribution in [0.3, 0.4) is 0 Å². The fraction of sp³-hybridized carbons (Fsp3) is 0.0526. The molecule has 2 heterocycles. The zero-order valence-corrected chi connectivity index (χ0v) is 14.9. The predicted octanol–water partition coefficient (Wildman–Crippen LogP) is 2.66. The number of rotatable bonds is 5. The van der Waals surface area contributed by atoms with E-state index in [0.29, 0.717) is 11.1 Å². The van der Waals surface area contributed by atoms with E-state index in [1.165, 1.54) is 0 Å². The highest BCUT2D eigenvalue weighted by Crippen LogP contribution is 2.24. The number of nitrogens with one attached hydrogen (secondary N) is 2. The summed E-state index contributed by atoms with van der Waals surface area (Å²) in [6.45, 7) is 0.190. The summed E-state index contributed by atoms with van der Waals surface area (Å²) < 4.78 is 32.5. The lowest BCUT2D eigenvalue weighted by Gasteiger charge is -2.08. The van der Waals surface area contributed by atoms with Gasteiger partial charge in [-0.15, -0.1) is 0 Å². The highest BCUT2D eigenvalue weighted by molar-refractivity contribution is 7.89. The van der Waals surface area contributed by atoms with Crippen molar-refractivity contribution >= 4 is 21.1 Å². The molecule has 0 radical (unpaired) electrons. The molecule has 0 aliphatic carbocycles. The summed E-state index contributed by atoms with van der Waals surface area (Å²) in [7, 11) is -3.62. The number of hydrogen-bond acceptors (Lipinski definition) is 5. The zero-order valence-electron chi connectivity index (χ0n) is 14.0. The Bertz CT molecular complexity index is 1240. The van der Waals surface area contributed by atoms with E-state index in [-0.39, 0.29) is 11.4 Å². The van der Waals surface area contributed by atoms with E-state index >= 15 is 0 Å². The first-order valence-electron chi connectivity index (χ1n) is 8.13. The smallest absolute Gasteiger partial charge is 0.408 e. The van der Waals surface area contributed by atoms with Crippen molar-refractivity contribution in [2.75, 3.05) is 0 Å². The van der Waals surface area contributed by atoms with Gasteiger partial charge in [-0.3, -0.25) is 9.97 Å². The summed E-state index contributed by atoms with van der Waals surface area (Å²) in [5.41, 5.74) is 3.52. The molecule has 0 saturated heterocycles. The average molecular weight is 381 g/mol. The monoisotopic (exact) mass is 381 g/mol. The molecule has 0 amide bonds. The molecule has 0 bridgehead atoms. The minimum absolute atomic E-state index is 0.176. The fourth-order valence-corrected chi connectivity index (χ4v) is 3.73. The van der Waals surface area contributed by atoms with Crippen LogP contribution in [0.2, 0.25) is 0 Å². The SMILES string of the molecule is O=c1[nH]c2ccc(-c3ccc(S(=O)(=O)NCc4ccncc4)cc3)cc2o1. The number of aromatic amines is 1. The number of oxazole rings is 1. The summed E-state index contributed by atoms with van der Waals surface area (Å²) >= 11 is 0. The van der Waals surface area contributed by atoms with E-state index in [2.05, 4.69) is 14.7 Å². The lowest BCUT2D eigenvalue weighted by Crippen LogP contribution is -2.23. The maximum atomic E-state index is 12.5. The van der Waals surface area contributed by atoms with Crippen LogP contribution in [-0.2, 0) is 16.6 Å². The van der Waals surface area contributed by atoms with Gasteiger partial charge in [-0.25, -0.2) is 17.9 Å². The Morgan fingerprint density at radius 1 is 0.963 bits per heavy atom. The van der Waals surface area contributed by atoms with Gasteiger partial charge in [-0.2, -0.15) is 0 Å². The number of sulfonamides is 1. The molecule has 0 saturated carbocycles. The molecule has 0 fully saturated rings. The van der Waals surface area contributed by atoms with Crippen LogP contribution in [0, 0.1) is 0 Å². The van der Waals surface area contributed by atoms with Crippen molar-refractivity contribution in [3.63, 3.8) is 0 Å². The molecule has 0 aliphatic heterocycles. The molecule has 2 N–H and O–H groups in total. The molecule has 7 nitrogen and oxygen atoms in total. The summed E-state index contributed by atoms with van der Waals surface area (Å²) in [5, 5.41) is 0. The Morgan fingerprint density at radius 3 is 2.41 bits per heavy atom. The van der Waals surface area contributed by atoms with Gasteiger partial charge in [-0.1, -0.05) is 18.2 Å². The topological polar surface area (TPSA) is 105 Å². The molecule has 136 valence electrons. The average Bonchev–Trinajstić information content (AvgIpc) is 3.06. The minimum Gasteiger partial charge on any atom is -0.408 e. The molecule has 0 atom stereocenters. The second-order valence-corrected chi connectivity index (χ2v) is 7.70. The third-order valence-corrected chi connectivity index (χ3v) is 5.55. The summed E-state index contributed by atoms with van der Waals surface area (Å²) in [6.07, 6.45) is 3.23. The molecule has 2 aromatic heterocycles. The summed E-state index contributed by atoms with van der Waals surface area (Å²) in [4.78, 5) is 17.9. The molecule has 0 spiro atoms. The van der Waals surface area contributed by atoms with Crippen LogP contribution >= 0.6 is 0 Å². The number of hydrogen-bond donors (Lipinski definition) is 2. The molecule has 2 aromatic carbocycles. The van der Waals surface area contributed by atoms with Crippen molar-refractivity contribution in [3.8, 4) is 11.1 Å². The van der Waals surface area contributed by atoms with Gasteiger partial charge in [-0.05, 0) is 53.1 Å². The first kappa shape index (κ1) is 17.2. The number of nitrogens with zero attached hydrogens (tertiary/aromatic N) is 1. The van der Waals surface area contributed by atoms with Gasteiger partial charge < -0.3 is 4.42 Å². The maximum Gasteiger partial charge on any atom is 0.417 e. The van der Waals surface area contributed by atoms with Crippen LogP contribution in [0.1, 0.15) is 5.56 Å². The Morgan fingerprint density at radius 2 is 1.67 bits per heavy atom. The van der Waals surface area contributed by atoms with Gasteiger partial charge in [0.05, 0.1) is 10.4 Å². The highest BCUT2D eigenvalue weighted by atomic mass is 32.2. The predicted molar refractivity (Wildman–Crippen MR) is 101 cm³/mol. The Hall–Kier alpha value is -3.23. The van der Waals surface area contributed by atoms with E-state index < -0.39 is 15.8 Å². The van der Waals surface area contributed by atoms with Gasteiger partial charge in [0.25, 0.3) is 0 Å². The first-order chi connectivity index (χ1) is 13.0. The van der Waals surface area contributed by atoms with Crippen molar-refractivity contribution < 1.29 is 12.8 Å². The van der Waals surface area contributed by atoms with Crippen molar-refractivity contribution in [3.05, 3.63) is 83.1 Å². The number of H-pyrrole nitrogens is 1. The Balaban J connectivity index is 1.56. The molecule has 4 rings (SSSR count). The van der Waals surface area contributed by atoms with Crippen LogP contribution in [0.25, 0.3) is 22.2 Å². The molecule has 0 aliphatic rings. The minimum atomic E-state index is -3.62. The van der Waals surface area contributed by atoms with Crippen molar-refractivity contribution in [1.82, 2.24) is 14.7 Å². The van der Waals surface area contributed by atoms with Gasteiger partial charge in [0.2, 0.25) is 10.0 Å². The summed E-state index contributed by atoms with van der Waals surface area (Å²) in [5.74, 6) is -0.510. The maximum absolute atomic E-state index is 12.5. The van der Waals surface area contributed by atoms with Crippen LogP contribution in [0.5, 0.6) is 0 Å². The normalized spacial score (nSPS) is 11.7. The highest BCUT2D eigenvalue weighted by Gasteiger charge is 2.14. The van der Waals surface area contributed by atoms with Crippen LogP contribution < -0.4 is 10.5 Å². The third kappa shape index (κ3) is 3.67. The second kappa shape index (κ2) is 6.82. The van der Waals surface area contributed by atoms with Crippen molar-refractivity contribution in [2.45, 2.75) is 11.4 Å². The van der Waals surface area contributed by atoms with Crippen molar-refractivity contribution in [1.29, 1.82) is 0 Å². The molecule has 8 heteroatoms. The zero-order chi connectivity index (χ0) is 18.9. The van der Waals surface area contributed by atoms with Crippen LogP contribution in [0.15, 0.2) is 81.1 Å². The second-order valence-electron chi connectivity index (χ2n) is 5.93. The first-order valence-corrected chi connectivity index (χ1v) is 9.61.